The van der Waals surface area contributed by atoms with Gasteiger partial charge in [0.05, 0.1) is 23.3 Å². The molecule has 0 aliphatic carbocycles. The van der Waals surface area contributed by atoms with Gasteiger partial charge in [0, 0.05) is 11.9 Å². The zero-order valence-electron chi connectivity index (χ0n) is 18.7. The van der Waals surface area contributed by atoms with Crippen molar-refractivity contribution in [3.05, 3.63) is 77.8 Å². The van der Waals surface area contributed by atoms with Crippen molar-refractivity contribution in [2.45, 2.75) is 17.9 Å². The minimum Gasteiger partial charge on any atom is -0.394 e. The number of hydrogen-bond acceptors (Lipinski definition) is 10. The van der Waals surface area contributed by atoms with Gasteiger partial charge in [-0.1, -0.05) is 47.6 Å². The normalized spacial score (nSPS) is 14.8. The summed E-state index contributed by atoms with van der Waals surface area (Å²) in [5, 5.41) is 20.2. The molecule has 2 aromatic heterocycles. The van der Waals surface area contributed by atoms with Crippen LogP contribution in [0.25, 0.3) is 17.5 Å². The first-order valence-corrected chi connectivity index (χ1v) is 12.5. The van der Waals surface area contributed by atoms with E-state index in [1.54, 1.807) is 43.5 Å². The highest BCUT2D eigenvalue weighted by molar-refractivity contribution is 7.91. The van der Waals surface area contributed by atoms with Gasteiger partial charge in [-0.15, -0.1) is 0 Å². The summed E-state index contributed by atoms with van der Waals surface area (Å²) in [6, 6.07) is 14.0. The zero-order chi connectivity index (χ0) is 24.4. The molecule has 35 heavy (non-hydrogen) atoms. The second-order valence-corrected chi connectivity index (χ2v) is 9.96. The molecule has 1 aliphatic rings. The standard InChI is InChI=1S/C24H22N6O4S/c1-15-26-23(34-30-15)19-13-25-24(29-22(19)28-20(14-31)16-6-3-2-4-7-16)27-18-9-10-21-17(12-18)8-5-11-35(21,32)33/h2-10,12-13,20,31H,11,14H2,1H3,(H2,25,27,28,29)/t20-/m1/s1. The van der Waals surface area contributed by atoms with E-state index in [0.717, 1.165) is 5.56 Å². The fraction of sp³-hybridized carbons (Fsp3) is 0.167. The Hall–Kier alpha value is -4.09. The maximum absolute atomic E-state index is 12.3. The lowest BCUT2D eigenvalue weighted by Gasteiger charge is -2.19. The lowest BCUT2D eigenvalue weighted by molar-refractivity contribution is 0.276. The zero-order valence-corrected chi connectivity index (χ0v) is 19.5. The Morgan fingerprint density at radius 2 is 1.97 bits per heavy atom. The number of sulfone groups is 1. The van der Waals surface area contributed by atoms with Crippen molar-refractivity contribution in [1.29, 1.82) is 0 Å². The van der Waals surface area contributed by atoms with Crippen LogP contribution in [0.15, 0.2) is 70.2 Å². The molecule has 5 rings (SSSR count). The lowest BCUT2D eigenvalue weighted by atomic mass is 10.1. The maximum atomic E-state index is 12.3. The van der Waals surface area contributed by atoms with E-state index in [1.807, 2.05) is 30.3 Å². The minimum absolute atomic E-state index is 0.00500. The maximum Gasteiger partial charge on any atom is 0.263 e. The van der Waals surface area contributed by atoms with Crippen LogP contribution in [0.1, 0.15) is 23.0 Å². The third-order valence-electron chi connectivity index (χ3n) is 5.46. The molecule has 0 spiro atoms. The Morgan fingerprint density at radius 1 is 1.14 bits per heavy atom. The summed E-state index contributed by atoms with van der Waals surface area (Å²) in [4.78, 5) is 13.6. The Bertz CT molecular complexity index is 1500. The van der Waals surface area contributed by atoms with E-state index in [1.165, 1.54) is 0 Å². The number of fused-ring (bicyclic) bond motifs is 1. The van der Waals surface area contributed by atoms with Crippen molar-refractivity contribution >= 4 is 33.4 Å². The number of anilines is 3. The van der Waals surface area contributed by atoms with E-state index in [-0.39, 0.29) is 24.2 Å². The van der Waals surface area contributed by atoms with Crippen LogP contribution >= 0.6 is 0 Å². The largest absolute Gasteiger partial charge is 0.394 e. The van der Waals surface area contributed by atoms with Crippen LogP contribution in [0.5, 0.6) is 0 Å². The molecule has 11 heteroatoms. The Kier molecular flexibility index (Phi) is 6.01. The van der Waals surface area contributed by atoms with Gasteiger partial charge in [-0.25, -0.2) is 13.4 Å². The Labute approximate surface area is 201 Å². The van der Waals surface area contributed by atoms with Crippen molar-refractivity contribution < 1.29 is 18.0 Å². The van der Waals surface area contributed by atoms with E-state index in [2.05, 4.69) is 30.7 Å². The van der Waals surface area contributed by atoms with Gasteiger partial charge in [-0.2, -0.15) is 9.97 Å². The number of nitrogens with zero attached hydrogens (tertiary/aromatic N) is 4. The molecule has 1 atom stereocenters. The molecule has 178 valence electrons. The summed E-state index contributed by atoms with van der Waals surface area (Å²) in [5.74, 6) is 1.35. The van der Waals surface area contributed by atoms with Crippen molar-refractivity contribution in [3.63, 3.8) is 0 Å². The van der Waals surface area contributed by atoms with Crippen LogP contribution in [0.2, 0.25) is 0 Å². The first-order chi connectivity index (χ1) is 16.9. The number of aliphatic hydroxyl groups is 1. The SMILES string of the molecule is Cc1noc(-c2cnc(Nc3ccc4c(c3)C=CCS4(=O)=O)nc2N[C@H](CO)c2ccccc2)n1. The van der Waals surface area contributed by atoms with E-state index in [4.69, 9.17) is 4.52 Å². The number of hydrogen-bond donors (Lipinski definition) is 3. The molecule has 0 unspecified atom stereocenters. The van der Waals surface area contributed by atoms with Crippen LogP contribution in [-0.4, -0.2) is 46.0 Å². The number of benzene rings is 2. The second-order valence-electron chi connectivity index (χ2n) is 7.95. The van der Waals surface area contributed by atoms with Crippen molar-refractivity contribution in [1.82, 2.24) is 20.1 Å². The van der Waals surface area contributed by atoms with Gasteiger partial charge in [0.1, 0.15) is 11.4 Å². The van der Waals surface area contributed by atoms with Gasteiger partial charge in [-0.05, 0) is 36.2 Å². The number of aryl methyl sites for hydroxylation is 1. The predicted octanol–water partition coefficient (Wildman–Crippen LogP) is 3.52. The van der Waals surface area contributed by atoms with Crippen LogP contribution in [0, 0.1) is 6.92 Å². The Balaban J connectivity index is 1.49. The first kappa shape index (κ1) is 22.7. The molecule has 3 heterocycles. The lowest BCUT2D eigenvalue weighted by Crippen LogP contribution is -2.17. The minimum atomic E-state index is -3.32. The van der Waals surface area contributed by atoms with Gasteiger partial charge in [0.25, 0.3) is 5.89 Å². The smallest absolute Gasteiger partial charge is 0.263 e. The molecule has 4 aromatic rings. The summed E-state index contributed by atoms with van der Waals surface area (Å²) in [6.45, 7) is 1.53. The summed E-state index contributed by atoms with van der Waals surface area (Å²) >= 11 is 0. The summed E-state index contributed by atoms with van der Waals surface area (Å²) in [5.41, 5.74) is 2.57. The van der Waals surface area contributed by atoms with Gasteiger partial charge in [-0.3, -0.25) is 0 Å². The molecule has 3 N–H and O–H groups in total. The fourth-order valence-corrected chi connectivity index (χ4v) is 5.05. The summed E-state index contributed by atoms with van der Waals surface area (Å²) in [7, 11) is -3.32. The topological polar surface area (TPSA) is 143 Å². The number of rotatable bonds is 7. The van der Waals surface area contributed by atoms with Gasteiger partial charge in [0.2, 0.25) is 5.95 Å². The summed E-state index contributed by atoms with van der Waals surface area (Å²) in [6.07, 6.45) is 4.95. The van der Waals surface area contributed by atoms with Crippen LogP contribution in [0.4, 0.5) is 17.5 Å². The number of aliphatic hydroxyl groups excluding tert-OH is 1. The second kappa shape index (κ2) is 9.28. The highest BCUT2D eigenvalue weighted by Gasteiger charge is 2.21. The van der Waals surface area contributed by atoms with E-state index in [9.17, 15) is 13.5 Å². The molecule has 2 aromatic carbocycles. The highest BCUT2D eigenvalue weighted by Crippen LogP contribution is 2.31. The van der Waals surface area contributed by atoms with Crippen LogP contribution in [-0.2, 0) is 9.84 Å². The number of nitrogens with one attached hydrogen (secondary N) is 2. The average Bonchev–Trinajstić information content (AvgIpc) is 3.29. The molecule has 10 nitrogen and oxygen atoms in total. The number of aromatic nitrogens is 4. The quantitative estimate of drug-likeness (QED) is 0.352. The molecule has 0 radical (unpaired) electrons. The predicted molar refractivity (Wildman–Crippen MR) is 131 cm³/mol. The molecule has 0 saturated carbocycles. The van der Waals surface area contributed by atoms with Gasteiger partial charge < -0.3 is 20.3 Å². The summed E-state index contributed by atoms with van der Waals surface area (Å²) < 4.78 is 29.9. The molecule has 0 fully saturated rings. The van der Waals surface area contributed by atoms with Crippen LogP contribution in [0.3, 0.4) is 0 Å². The van der Waals surface area contributed by atoms with Crippen molar-refractivity contribution in [2.24, 2.45) is 0 Å². The van der Waals surface area contributed by atoms with Gasteiger partial charge in [0.15, 0.2) is 15.7 Å². The average molecular weight is 491 g/mol. The van der Waals surface area contributed by atoms with Crippen LogP contribution < -0.4 is 10.6 Å². The fourth-order valence-electron chi connectivity index (χ4n) is 3.76. The Morgan fingerprint density at radius 3 is 2.71 bits per heavy atom. The molecule has 0 bridgehead atoms. The monoisotopic (exact) mass is 490 g/mol. The molecular weight excluding hydrogens is 468 g/mol. The third kappa shape index (κ3) is 4.77. The van der Waals surface area contributed by atoms with E-state index >= 15 is 0 Å². The van der Waals surface area contributed by atoms with Gasteiger partial charge >= 0.3 is 0 Å². The molecule has 1 aliphatic heterocycles. The van der Waals surface area contributed by atoms with Crippen molar-refractivity contribution in [3.8, 4) is 11.5 Å². The van der Waals surface area contributed by atoms with E-state index in [0.29, 0.717) is 33.4 Å². The molecular formula is C24H22N6O4S. The van der Waals surface area contributed by atoms with E-state index < -0.39 is 15.9 Å². The molecule has 0 saturated heterocycles. The third-order valence-corrected chi connectivity index (χ3v) is 7.13. The van der Waals surface area contributed by atoms with Crippen molar-refractivity contribution in [2.75, 3.05) is 23.0 Å². The first-order valence-electron chi connectivity index (χ1n) is 10.8. The molecule has 0 amide bonds. The highest BCUT2D eigenvalue weighted by atomic mass is 32.2.